The number of sulfonamides is 1. The lowest BCUT2D eigenvalue weighted by atomic mass is 10.1. The fourth-order valence-electron chi connectivity index (χ4n) is 1.74. The highest BCUT2D eigenvalue weighted by Crippen LogP contribution is 2.09. The third-order valence-corrected chi connectivity index (χ3v) is 3.67. The lowest BCUT2D eigenvalue weighted by molar-refractivity contribution is 0.179. The Morgan fingerprint density at radius 3 is 2.45 bits per heavy atom. The van der Waals surface area contributed by atoms with Crippen LogP contribution in [0.5, 0.6) is 0 Å². The maximum absolute atomic E-state index is 11.1. The molecule has 5 N–H and O–H groups in total. The maximum atomic E-state index is 11.1. The average molecular weight is 442 g/mol. The van der Waals surface area contributed by atoms with E-state index in [9.17, 15) is 8.42 Å². The molecule has 9 heteroatoms. The number of guanidine groups is 1. The van der Waals surface area contributed by atoms with E-state index in [1.165, 1.54) is 12.1 Å². The molecule has 0 aromatic heterocycles. The quantitative estimate of drug-likeness (QED) is 0.322. The topological polar surface area (TPSA) is 120 Å². The number of rotatable bonds is 7. The molecule has 0 fully saturated rings. The SMILES string of the molecule is COCC(C)NC(N)=NCCc1ccc(S(N)(=O)=O)cc1.I. The van der Waals surface area contributed by atoms with Crippen molar-refractivity contribution in [3.63, 3.8) is 0 Å². The third kappa shape index (κ3) is 7.92. The van der Waals surface area contributed by atoms with E-state index in [2.05, 4.69) is 10.3 Å². The van der Waals surface area contributed by atoms with Crippen LogP contribution in [0, 0.1) is 0 Å². The summed E-state index contributed by atoms with van der Waals surface area (Å²) in [6, 6.07) is 6.49. The zero-order valence-corrected chi connectivity index (χ0v) is 15.8. The molecule has 7 nitrogen and oxygen atoms in total. The van der Waals surface area contributed by atoms with Crippen molar-refractivity contribution in [2.24, 2.45) is 15.9 Å². The Morgan fingerprint density at radius 1 is 1.36 bits per heavy atom. The van der Waals surface area contributed by atoms with Crippen molar-refractivity contribution in [3.05, 3.63) is 29.8 Å². The number of aliphatic imine (C=N–C) groups is 1. The van der Waals surface area contributed by atoms with Gasteiger partial charge in [-0.05, 0) is 31.0 Å². The molecule has 0 amide bonds. The van der Waals surface area contributed by atoms with Crippen LogP contribution in [0.2, 0.25) is 0 Å². The van der Waals surface area contributed by atoms with Gasteiger partial charge in [0.05, 0.1) is 11.5 Å². The van der Waals surface area contributed by atoms with Crippen LogP contribution in [0.4, 0.5) is 0 Å². The number of halogens is 1. The molecule has 0 saturated carbocycles. The molecule has 1 rings (SSSR count). The van der Waals surface area contributed by atoms with Gasteiger partial charge in [0.15, 0.2) is 5.96 Å². The molecule has 0 aliphatic heterocycles. The Kier molecular flexibility index (Phi) is 9.56. The van der Waals surface area contributed by atoms with E-state index in [-0.39, 0.29) is 34.9 Å². The summed E-state index contributed by atoms with van der Waals surface area (Å²) in [5.41, 5.74) is 6.70. The average Bonchev–Trinajstić information content (AvgIpc) is 2.38. The van der Waals surface area contributed by atoms with E-state index < -0.39 is 10.0 Å². The first-order valence-corrected chi connectivity index (χ1v) is 8.04. The second-order valence-electron chi connectivity index (χ2n) is 4.71. The molecule has 1 aromatic rings. The zero-order chi connectivity index (χ0) is 15.9. The summed E-state index contributed by atoms with van der Waals surface area (Å²) in [7, 11) is -2.02. The fraction of sp³-hybridized carbons (Fsp3) is 0.462. The van der Waals surface area contributed by atoms with Gasteiger partial charge in [-0.3, -0.25) is 4.99 Å². The van der Waals surface area contributed by atoms with E-state index >= 15 is 0 Å². The molecule has 0 spiro atoms. The highest BCUT2D eigenvalue weighted by Gasteiger charge is 2.06. The van der Waals surface area contributed by atoms with E-state index in [0.29, 0.717) is 25.5 Å². The number of methoxy groups -OCH3 is 1. The van der Waals surface area contributed by atoms with Crippen LogP contribution < -0.4 is 16.2 Å². The first kappa shape index (κ1) is 21.1. The van der Waals surface area contributed by atoms with Crippen molar-refractivity contribution >= 4 is 40.0 Å². The highest BCUT2D eigenvalue weighted by molar-refractivity contribution is 14.0. The standard InChI is InChI=1S/C13H22N4O3S.HI/c1-10(9-20-2)17-13(14)16-8-7-11-3-5-12(6-4-11)21(15,18)19;/h3-6,10H,7-9H2,1-2H3,(H3,14,16,17)(H2,15,18,19);1H. The van der Waals surface area contributed by atoms with Gasteiger partial charge in [0.2, 0.25) is 10.0 Å². The van der Waals surface area contributed by atoms with Crippen LogP contribution in [-0.4, -0.2) is 40.7 Å². The van der Waals surface area contributed by atoms with Gasteiger partial charge in [-0.25, -0.2) is 13.6 Å². The third-order valence-electron chi connectivity index (χ3n) is 2.75. The summed E-state index contributed by atoms with van der Waals surface area (Å²) in [5, 5.41) is 8.04. The maximum Gasteiger partial charge on any atom is 0.238 e. The summed E-state index contributed by atoms with van der Waals surface area (Å²) in [4.78, 5) is 4.30. The van der Waals surface area contributed by atoms with Gasteiger partial charge in [0.1, 0.15) is 0 Å². The number of hydrogen-bond acceptors (Lipinski definition) is 4. The molecule has 22 heavy (non-hydrogen) atoms. The predicted octanol–water partition coefficient (Wildman–Crippen LogP) is 0.434. The largest absolute Gasteiger partial charge is 0.383 e. The van der Waals surface area contributed by atoms with E-state index in [1.54, 1.807) is 19.2 Å². The Bertz CT molecular complexity index is 575. The second-order valence-corrected chi connectivity index (χ2v) is 6.27. The number of hydrogen-bond donors (Lipinski definition) is 3. The molecular formula is C13H23IN4O3S. The van der Waals surface area contributed by atoms with Crippen LogP contribution in [0.25, 0.3) is 0 Å². The van der Waals surface area contributed by atoms with Crippen molar-refractivity contribution in [2.45, 2.75) is 24.3 Å². The first-order valence-electron chi connectivity index (χ1n) is 6.50. The summed E-state index contributed by atoms with van der Waals surface area (Å²) >= 11 is 0. The molecule has 0 saturated heterocycles. The monoisotopic (exact) mass is 442 g/mol. The van der Waals surface area contributed by atoms with E-state index in [4.69, 9.17) is 15.6 Å². The molecule has 0 aliphatic carbocycles. The van der Waals surface area contributed by atoms with Crippen molar-refractivity contribution in [2.75, 3.05) is 20.3 Å². The minimum absolute atomic E-state index is 0. The fourth-order valence-corrected chi connectivity index (χ4v) is 2.26. The highest BCUT2D eigenvalue weighted by atomic mass is 127. The van der Waals surface area contributed by atoms with Gasteiger partial charge in [-0.15, -0.1) is 24.0 Å². The first-order chi connectivity index (χ1) is 9.82. The Labute approximate surface area is 148 Å². The van der Waals surface area contributed by atoms with Gasteiger partial charge in [-0.1, -0.05) is 12.1 Å². The van der Waals surface area contributed by atoms with Gasteiger partial charge >= 0.3 is 0 Å². The molecular weight excluding hydrogens is 419 g/mol. The molecule has 0 bridgehead atoms. The van der Waals surface area contributed by atoms with Crippen LogP contribution >= 0.6 is 24.0 Å². The Hall–Kier alpha value is -0.910. The molecule has 0 radical (unpaired) electrons. The summed E-state index contributed by atoms with van der Waals surface area (Å²) in [6.07, 6.45) is 0.659. The smallest absolute Gasteiger partial charge is 0.238 e. The molecule has 0 heterocycles. The van der Waals surface area contributed by atoms with Crippen molar-refractivity contribution in [1.82, 2.24) is 5.32 Å². The number of nitrogens with one attached hydrogen (secondary N) is 1. The van der Waals surface area contributed by atoms with Crippen LogP contribution in [0.3, 0.4) is 0 Å². The van der Waals surface area contributed by atoms with Gasteiger partial charge < -0.3 is 15.8 Å². The predicted molar refractivity (Wildman–Crippen MR) is 97.9 cm³/mol. The van der Waals surface area contributed by atoms with Gasteiger partial charge in [0.25, 0.3) is 0 Å². The van der Waals surface area contributed by atoms with Crippen LogP contribution in [0.15, 0.2) is 34.2 Å². The number of primary sulfonamides is 1. The lowest BCUT2D eigenvalue weighted by Gasteiger charge is -2.13. The molecule has 1 unspecified atom stereocenters. The normalized spacial score (nSPS) is 13.3. The number of benzene rings is 1. The number of ether oxygens (including phenoxy) is 1. The number of nitrogens with two attached hydrogens (primary N) is 2. The minimum Gasteiger partial charge on any atom is -0.383 e. The van der Waals surface area contributed by atoms with E-state index in [0.717, 1.165) is 5.56 Å². The van der Waals surface area contributed by atoms with Gasteiger partial charge in [-0.2, -0.15) is 0 Å². The molecule has 1 aromatic carbocycles. The van der Waals surface area contributed by atoms with Crippen LogP contribution in [0.1, 0.15) is 12.5 Å². The minimum atomic E-state index is -3.64. The van der Waals surface area contributed by atoms with Crippen molar-refractivity contribution in [3.8, 4) is 0 Å². The number of nitrogens with zero attached hydrogens (tertiary/aromatic N) is 1. The van der Waals surface area contributed by atoms with Crippen molar-refractivity contribution in [1.29, 1.82) is 0 Å². The molecule has 126 valence electrons. The molecule has 0 aliphatic rings. The summed E-state index contributed by atoms with van der Waals surface area (Å²) in [5.74, 6) is 0.362. The second kappa shape index (κ2) is 9.98. The molecule has 1 atom stereocenters. The lowest BCUT2D eigenvalue weighted by Crippen LogP contribution is -2.40. The summed E-state index contributed by atoms with van der Waals surface area (Å²) in [6.45, 7) is 3.00. The van der Waals surface area contributed by atoms with Crippen molar-refractivity contribution < 1.29 is 13.2 Å². The van der Waals surface area contributed by atoms with E-state index in [1.807, 2.05) is 6.92 Å². The summed E-state index contributed by atoms with van der Waals surface area (Å²) < 4.78 is 27.2. The van der Waals surface area contributed by atoms with Gasteiger partial charge in [0, 0.05) is 19.7 Å². The van der Waals surface area contributed by atoms with Crippen LogP contribution in [-0.2, 0) is 21.2 Å². The Morgan fingerprint density at radius 2 is 1.95 bits per heavy atom. The zero-order valence-electron chi connectivity index (χ0n) is 12.7. The Balaban J connectivity index is 0.00000441.